The zero-order chi connectivity index (χ0) is 26.9. The van der Waals surface area contributed by atoms with Gasteiger partial charge in [0.15, 0.2) is 0 Å². The van der Waals surface area contributed by atoms with Crippen LogP contribution in [0.15, 0.2) is 0 Å². The fourth-order valence-electron chi connectivity index (χ4n) is 5.78. The van der Waals surface area contributed by atoms with Gasteiger partial charge in [0, 0.05) is 12.0 Å². The molecule has 0 amide bonds. The standard InChI is InChI=1S/C33H56O3/c1-10-14-30(34)35-31-26(6)27(7)32-29(28(31)8)20-22-33(9,36-32)21-13-19-25(5)18-12-17-24(4)16-11-15-23(2)3/h23-25H,10-22H2,1-9H3/t24-,25-,33-/m1/s1. The lowest BCUT2D eigenvalue weighted by Crippen LogP contribution is -2.37. The summed E-state index contributed by atoms with van der Waals surface area (Å²) in [5.41, 5.74) is 4.35. The second-order valence-corrected chi connectivity index (χ2v) is 12.6. The van der Waals surface area contributed by atoms with Crippen LogP contribution in [0, 0.1) is 38.5 Å². The van der Waals surface area contributed by atoms with Gasteiger partial charge in [0.2, 0.25) is 0 Å². The number of benzene rings is 1. The Labute approximate surface area is 223 Å². The Balaban J connectivity index is 1.85. The van der Waals surface area contributed by atoms with E-state index in [-0.39, 0.29) is 11.6 Å². The Hall–Kier alpha value is -1.51. The van der Waals surface area contributed by atoms with E-state index in [1.165, 1.54) is 56.9 Å². The molecular weight excluding hydrogens is 444 g/mol. The number of fused-ring (bicyclic) bond motifs is 1. The zero-order valence-corrected chi connectivity index (χ0v) is 25.1. The molecule has 0 fully saturated rings. The van der Waals surface area contributed by atoms with Gasteiger partial charge in [-0.3, -0.25) is 4.79 Å². The number of esters is 1. The van der Waals surface area contributed by atoms with E-state index in [1.54, 1.807) is 0 Å². The third-order valence-electron chi connectivity index (χ3n) is 8.51. The van der Waals surface area contributed by atoms with Crippen LogP contribution in [0.2, 0.25) is 0 Å². The molecule has 0 radical (unpaired) electrons. The number of hydrogen-bond acceptors (Lipinski definition) is 3. The number of carbonyl (C=O) groups is 1. The Bertz CT molecular complexity index is 840. The summed E-state index contributed by atoms with van der Waals surface area (Å²) in [5, 5.41) is 0. The smallest absolute Gasteiger partial charge is 0.311 e. The van der Waals surface area contributed by atoms with Crippen LogP contribution in [-0.4, -0.2) is 11.6 Å². The Morgan fingerprint density at radius 2 is 1.47 bits per heavy atom. The molecule has 0 spiro atoms. The van der Waals surface area contributed by atoms with Crippen molar-refractivity contribution in [1.29, 1.82) is 0 Å². The molecule has 1 aliphatic rings. The summed E-state index contributed by atoms with van der Waals surface area (Å²) in [6.45, 7) is 20.1. The van der Waals surface area contributed by atoms with Crippen LogP contribution in [0.5, 0.6) is 11.5 Å². The van der Waals surface area contributed by atoms with Crippen molar-refractivity contribution in [3.8, 4) is 11.5 Å². The highest BCUT2D eigenvalue weighted by Gasteiger charge is 2.34. The van der Waals surface area contributed by atoms with Crippen LogP contribution < -0.4 is 9.47 Å². The predicted octanol–water partition coefficient (Wildman–Crippen LogP) is 9.84. The highest BCUT2D eigenvalue weighted by molar-refractivity contribution is 5.74. The molecule has 1 heterocycles. The van der Waals surface area contributed by atoms with Gasteiger partial charge in [0.1, 0.15) is 17.1 Å². The van der Waals surface area contributed by atoms with Crippen LogP contribution in [0.4, 0.5) is 0 Å². The average Bonchev–Trinajstić information content (AvgIpc) is 2.80. The summed E-state index contributed by atoms with van der Waals surface area (Å²) in [4.78, 5) is 12.2. The molecule has 1 aromatic rings. The van der Waals surface area contributed by atoms with E-state index >= 15 is 0 Å². The quantitative estimate of drug-likeness (QED) is 0.177. The van der Waals surface area contributed by atoms with Gasteiger partial charge in [-0.2, -0.15) is 0 Å². The molecule has 3 atom stereocenters. The Morgan fingerprint density at radius 3 is 2.06 bits per heavy atom. The molecule has 1 aliphatic heterocycles. The molecule has 0 saturated heterocycles. The van der Waals surface area contributed by atoms with E-state index in [4.69, 9.17) is 9.47 Å². The van der Waals surface area contributed by atoms with Gasteiger partial charge < -0.3 is 9.47 Å². The second kappa shape index (κ2) is 14.4. The van der Waals surface area contributed by atoms with Crippen molar-refractivity contribution >= 4 is 5.97 Å². The summed E-state index contributed by atoms with van der Waals surface area (Å²) in [7, 11) is 0. The van der Waals surface area contributed by atoms with Gasteiger partial charge in [0.25, 0.3) is 0 Å². The van der Waals surface area contributed by atoms with Gasteiger partial charge in [-0.05, 0) is 94.2 Å². The summed E-state index contributed by atoms with van der Waals surface area (Å²) >= 11 is 0. The van der Waals surface area contributed by atoms with Crippen molar-refractivity contribution in [1.82, 2.24) is 0 Å². The average molecular weight is 501 g/mol. The highest BCUT2D eigenvalue weighted by atomic mass is 16.5. The maximum atomic E-state index is 12.2. The fourth-order valence-corrected chi connectivity index (χ4v) is 5.78. The number of hydrogen-bond donors (Lipinski definition) is 0. The van der Waals surface area contributed by atoms with Crippen LogP contribution in [-0.2, 0) is 11.2 Å². The van der Waals surface area contributed by atoms with E-state index in [2.05, 4.69) is 55.4 Å². The van der Waals surface area contributed by atoms with Crippen LogP contribution in [0.1, 0.15) is 141 Å². The highest BCUT2D eigenvalue weighted by Crippen LogP contribution is 2.45. The number of ether oxygens (including phenoxy) is 2. The fraction of sp³-hybridized carbons (Fsp3) is 0.788. The molecule has 3 heteroatoms. The van der Waals surface area contributed by atoms with Crippen LogP contribution in [0.25, 0.3) is 0 Å². The van der Waals surface area contributed by atoms with E-state index < -0.39 is 0 Å². The lowest BCUT2D eigenvalue weighted by atomic mass is 9.83. The van der Waals surface area contributed by atoms with E-state index in [0.717, 1.165) is 71.6 Å². The zero-order valence-electron chi connectivity index (χ0n) is 25.1. The molecule has 2 rings (SSSR count). The van der Waals surface area contributed by atoms with Crippen molar-refractivity contribution in [3.05, 3.63) is 22.3 Å². The first-order valence-electron chi connectivity index (χ1n) is 15.0. The molecule has 0 aromatic heterocycles. The summed E-state index contributed by atoms with van der Waals surface area (Å²) in [6, 6.07) is 0. The Morgan fingerprint density at radius 1 is 0.889 bits per heavy atom. The summed E-state index contributed by atoms with van der Waals surface area (Å²) in [5.74, 6) is 4.15. The molecule has 36 heavy (non-hydrogen) atoms. The molecule has 0 aliphatic carbocycles. The van der Waals surface area contributed by atoms with Gasteiger partial charge >= 0.3 is 5.97 Å². The van der Waals surface area contributed by atoms with Crippen molar-refractivity contribution in [2.24, 2.45) is 17.8 Å². The molecule has 206 valence electrons. The minimum Gasteiger partial charge on any atom is -0.487 e. The van der Waals surface area contributed by atoms with Crippen LogP contribution in [0.3, 0.4) is 0 Å². The minimum atomic E-state index is -0.140. The molecule has 0 unspecified atom stereocenters. The van der Waals surface area contributed by atoms with Gasteiger partial charge in [0.05, 0.1) is 0 Å². The van der Waals surface area contributed by atoms with Gasteiger partial charge in [-0.1, -0.05) is 79.6 Å². The lowest BCUT2D eigenvalue weighted by Gasteiger charge is -2.38. The number of rotatable bonds is 15. The maximum Gasteiger partial charge on any atom is 0.311 e. The third-order valence-corrected chi connectivity index (χ3v) is 8.51. The van der Waals surface area contributed by atoms with Crippen molar-refractivity contribution in [2.75, 3.05) is 0 Å². The Kier molecular flexibility index (Phi) is 12.3. The van der Waals surface area contributed by atoms with Crippen molar-refractivity contribution in [2.45, 2.75) is 151 Å². The minimum absolute atomic E-state index is 0.109. The normalized spacial score (nSPS) is 19.1. The first-order valence-corrected chi connectivity index (χ1v) is 15.0. The molecule has 0 N–H and O–H groups in total. The van der Waals surface area contributed by atoms with E-state index in [0.29, 0.717) is 6.42 Å². The summed E-state index contributed by atoms with van der Waals surface area (Å²) in [6.07, 6.45) is 15.1. The monoisotopic (exact) mass is 500 g/mol. The molecule has 1 aromatic carbocycles. The predicted molar refractivity (Wildman–Crippen MR) is 153 cm³/mol. The third kappa shape index (κ3) is 9.10. The molecule has 0 saturated carbocycles. The van der Waals surface area contributed by atoms with Crippen molar-refractivity contribution in [3.63, 3.8) is 0 Å². The maximum absolute atomic E-state index is 12.2. The lowest BCUT2D eigenvalue weighted by molar-refractivity contribution is -0.134. The number of carbonyl (C=O) groups excluding carboxylic acids is 1. The molecule has 3 nitrogen and oxygen atoms in total. The summed E-state index contributed by atoms with van der Waals surface area (Å²) < 4.78 is 12.5. The topological polar surface area (TPSA) is 35.5 Å². The van der Waals surface area contributed by atoms with Gasteiger partial charge in [-0.15, -0.1) is 0 Å². The second-order valence-electron chi connectivity index (χ2n) is 12.6. The first kappa shape index (κ1) is 30.7. The first-order chi connectivity index (χ1) is 17.0. The SMILES string of the molecule is CCCC(=O)Oc1c(C)c(C)c2c(c1C)CC[C@@](C)(CCC[C@H](C)CCC[C@H](C)CCCC(C)C)O2. The van der Waals surface area contributed by atoms with Gasteiger partial charge in [-0.25, -0.2) is 0 Å². The van der Waals surface area contributed by atoms with Crippen LogP contribution >= 0.6 is 0 Å². The van der Waals surface area contributed by atoms with Crippen molar-refractivity contribution < 1.29 is 14.3 Å². The largest absolute Gasteiger partial charge is 0.487 e. The van der Waals surface area contributed by atoms with E-state index in [9.17, 15) is 4.79 Å². The molecular formula is C33H56O3. The molecule has 0 bridgehead atoms. The van der Waals surface area contributed by atoms with E-state index in [1.807, 2.05) is 6.92 Å².